The van der Waals surface area contributed by atoms with Crippen molar-refractivity contribution >= 4 is 86.4 Å². The van der Waals surface area contributed by atoms with E-state index in [0.717, 1.165) is 80.2 Å². The Morgan fingerprint density at radius 3 is 1.80 bits per heavy atom. The van der Waals surface area contributed by atoms with Gasteiger partial charge in [0.1, 0.15) is 30.0 Å². The summed E-state index contributed by atoms with van der Waals surface area (Å²) in [5.74, 6) is -3.70. The van der Waals surface area contributed by atoms with Crippen molar-refractivity contribution in [2.45, 2.75) is 295 Å². The lowest BCUT2D eigenvalue weighted by molar-refractivity contribution is -0.346. The molecule has 1 saturated heterocycles. The van der Waals surface area contributed by atoms with Gasteiger partial charge in [0.25, 0.3) is 0 Å². The number of aliphatic hydroxyl groups is 1. The number of ketones is 1. The van der Waals surface area contributed by atoms with Crippen molar-refractivity contribution in [3.63, 3.8) is 0 Å². The van der Waals surface area contributed by atoms with E-state index in [9.17, 15) is 14.7 Å². The standard InChI is InChI=1S/C65H109Br2NO13Si3/c1-17-83(18-2,19-3)79-49-42-50-64(44-75-50,78-46(8)69)57-59(77-52(71)39-33-26-24-28-35-41-67)65(74)43-48(45(7)53(62(65,12)13)55(58(72)63(49,57)14)81-84(20-4,21-5)22-6)76-60(73)56(80-82(15,16)61(9,10)11)54(47-36-30-29-31-37-47)68-51(70)38-32-25-23-27-34-40-66/h29-31,36-37,48-50,54-57,59,74H,17-28,32-35,38-44H2,1-16H3,(H,68,70)/t48-,49-,50+,54-,55+,56+,57-,59-,63+,64-,65+/m0/s1. The number of nitrogens with one attached hydrogen (secondary N) is 1. The summed E-state index contributed by atoms with van der Waals surface area (Å²) in [5, 5.41) is 19.5. The number of hydrogen-bond acceptors (Lipinski definition) is 13. The molecule has 14 nitrogen and oxygen atoms in total. The monoisotopic (exact) mass is 1350 g/mol. The van der Waals surface area contributed by atoms with Crippen LogP contribution in [0.2, 0.25) is 54.4 Å². The molecule has 11 atom stereocenters. The number of hydrogen-bond donors (Lipinski definition) is 2. The molecule has 1 heterocycles. The molecule has 1 aromatic carbocycles. The number of alkyl halides is 2. The minimum atomic E-state index is -2.88. The molecular weight excluding hydrogens is 1250 g/mol. The maximum Gasteiger partial charge on any atom is 0.337 e. The van der Waals surface area contributed by atoms with Crippen LogP contribution in [0.5, 0.6) is 0 Å². The molecule has 0 aromatic heterocycles. The average Bonchev–Trinajstić information content (AvgIpc) is 0.737. The van der Waals surface area contributed by atoms with E-state index >= 15 is 14.4 Å². The second-order valence-corrected chi connectivity index (χ2v) is 42.9. The molecule has 5 rings (SSSR count). The van der Waals surface area contributed by atoms with E-state index in [2.05, 4.69) is 113 Å². The third kappa shape index (κ3) is 15.5. The summed E-state index contributed by atoms with van der Waals surface area (Å²) in [6, 6.07) is 12.8. The van der Waals surface area contributed by atoms with Crippen molar-refractivity contribution in [1.29, 1.82) is 0 Å². The van der Waals surface area contributed by atoms with E-state index in [1.165, 1.54) is 6.92 Å². The van der Waals surface area contributed by atoms with Gasteiger partial charge < -0.3 is 42.6 Å². The Labute approximate surface area is 525 Å². The van der Waals surface area contributed by atoms with Crippen molar-refractivity contribution in [3.05, 3.63) is 47.0 Å². The summed E-state index contributed by atoms with van der Waals surface area (Å²) in [7, 11) is -8.27. The molecule has 0 radical (unpaired) electrons. The number of unbranched alkanes of at least 4 members (excludes halogenated alkanes) is 8. The van der Waals surface area contributed by atoms with Gasteiger partial charge in [-0.05, 0) is 111 Å². The minimum absolute atomic E-state index is 0.0381. The lowest BCUT2D eigenvalue weighted by Crippen LogP contribution is -2.82. The van der Waals surface area contributed by atoms with Crippen molar-refractivity contribution in [2.24, 2.45) is 16.7 Å². The Morgan fingerprint density at radius 1 is 0.774 bits per heavy atom. The summed E-state index contributed by atoms with van der Waals surface area (Å²) in [6.07, 6.45) is 2.12. The van der Waals surface area contributed by atoms with Crippen LogP contribution in [0.4, 0.5) is 0 Å². The van der Waals surface area contributed by atoms with Gasteiger partial charge in [-0.25, -0.2) is 4.79 Å². The number of rotatable bonds is 33. The number of benzene rings is 1. The topological polar surface area (TPSA) is 182 Å². The van der Waals surface area contributed by atoms with E-state index in [0.29, 0.717) is 47.7 Å². The highest BCUT2D eigenvalue weighted by Crippen LogP contribution is 2.65. The van der Waals surface area contributed by atoms with Crippen LogP contribution < -0.4 is 5.32 Å². The van der Waals surface area contributed by atoms with Crippen LogP contribution in [-0.4, -0.2) is 125 Å². The fraction of sp³-hybridized carbons (Fsp3) is 0.800. The molecule has 2 N–H and O–H groups in total. The third-order valence-electron chi connectivity index (χ3n) is 21.1. The Hall–Kier alpha value is -2.08. The minimum Gasteiger partial charge on any atom is -0.459 e. The van der Waals surface area contributed by atoms with Crippen LogP contribution in [-0.2, 0) is 56.2 Å². The van der Waals surface area contributed by atoms with Gasteiger partial charge in [0.15, 0.2) is 42.4 Å². The lowest BCUT2D eigenvalue weighted by atomic mass is 9.44. The van der Waals surface area contributed by atoms with Crippen molar-refractivity contribution in [3.8, 4) is 0 Å². The summed E-state index contributed by atoms with van der Waals surface area (Å²) < 4.78 is 49.7. The van der Waals surface area contributed by atoms with E-state index in [-0.39, 0.29) is 49.0 Å². The first kappa shape index (κ1) is 72.7. The smallest absolute Gasteiger partial charge is 0.337 e. The lowest BCUT2D eigenvalue weighted by Gasteiger charge is -2.68. The third-order valence-corrected chi connectivity index (χ3v) is 35.9. The van der Waals surface area contributed by atoms with Crippen LogP contribution in [0, 0.1) is 16.7 Å². The van der Waals surface area contributed by atoms with Gasteiger partial charge in [0, 0.05) is 48.7 Å². The molecule has 19 heteroatoms. The molecule has 3 fully saturated rings. The summed E-state index contributed by atoms with van der Waals surface area (Å²) in [4.78, 5) is 76.4. The zero-order chi connectivity index (χ0) is 62.7. The number of Topliss-reactive ketones (excluding diaryl/α,β-unsaturated/α-hetero) is 1. The molecule has 84 heavy (non-hydrogen) atoms. The molecule has 1 aromatic rings. The number of carbonyl (C=O) groups is 5. The SMILES string of the molecule is CC[Si](CC)(CC)O[C@H]1C(=O)[C@]2(C)[C@@H](O[Si](CC)(CC)CC)C[C@H]3OC[C@@]3(OC(C)=O)[C@H]2[C@H](OC(=O)CCCCCCCBr)[C@]2(O)C[C@H](OC(=O)[C@H](O[Si](C)(C)C(C)(C)C)[C@@H](NC(=O)CCCCCCCBr)c3ccccc3)C(C)=C1C2(C)C. The van der Waals surface area contributed by atoms with E-state index in [1.807, 2.05) is 58.0 Å². The first-order chi connectivity index (χ1) is 39.5. The van der Waals surface area contributed by atoms with Gasteiger partial charge in [-0.2, -0.15) is 0 Å². The predicted molar refractivity (Wildman–Crippen MR) is 348 cm³/mol. The fourth-order valence-electron chi connectivity index (χ4n) is 14.0. The Bertz CT molecular complexity index is 2380. The number of carbonyl (C=O) groups excluding carboxylic acids is 5. The summed E-state index contributed by atoms with van der Waals surface area (Å²) in [6.45, 7) is 31.9. The highest BCUT2D eigenvalue weighted by atomic mass is 79.9. The zero-order valence-corrected chi connectivity index (χ0v) is 60.5. The normalized spacial score (nSPS) is 27.7. The maximum atomic E-state index is 17.3. The zero-order valence-electron chi connectivity index (χ0n) is 54.4. The highest BCUT2D eigenvalue weighted by Gasteiger charge is 2.79. The van der Waals surface area contributed by atoms with Crippen LogP contribution in [0.1, 0.15) is 198 Å². The molecular formula is C65H109Br2NO13Si3. The van der Waals surface area contributed by atoms with E-state index < -0.39 is 113 Å². The Balaban J connectivity index is 1.85. The number of esters is 3. The molecule has 1 aliphatic heterocycles. The number of amides is 1. The number of halogens is 2. The predicted octanol–water partition coefficient (Wildman–Crippen LogP) is 15.1. The van der Waals surface area contributed by atoms with Gasteiger partial charge >= 0.3 is 17.9 Å². The van der Waals surface area contributed by atoms with E-state index in [4.69, 9.17) is 32.2 Å². The molecule has 3 aliphatic carbocycles. The fourth-order valence-corrected chi connectivity index (χ4v) is 21.7. The van der Waals surface area contributed by atoms with Crippen LogP contribution in [0.3, 0.4) is 0 Å². The van der Waals surface area contributed by atoms with Crippen molar-refractivity contribution in [2.75, 3.05) is 17.3 Å². The number of ether oxygens (including phenoxy) is 4. The maximum absolute atomic E-state index is 17.3. The molecule has 0 spiro atoms. The van der Waals surface area contributed by atoms with E-state index in [1.54, 1.807) is 0 Å². The van der Waals surface area contributed by atoms with Crippen LogP contribution in [0.25, 0.3) is 0 Å². The van der Waals surface area contributed by atoms with Gasteiger partial charge in [0.2, 0.25) is 5.91 Å². The molecule has 2 saturated carbocycles. The average molecular weight is 1360 g/mol. The summed E-state index contributed by atoms with van der Waals surface area (Å²) >= 11 is 7.05. The second kappa shape index (κ2) is 30.6. The number of fused-ring (bicyclic) bond motifs is 5. The van der Waals surface area contributed by atoms with Crippen molar-refractivity contribution in [1.82, 2.24) is 5.32 Å². The molecule has 1 amide bonds. The van der Waals surface area contributed by atoms with Crippen molar-refractivity contribution < 1.29 is 61.3 Å². The van der Waals surface area contributed by atoms with Crippen LogP contribution in [0.15, 0.2) is 41.5 Å². The highest BCUT2D eigenvalue weighted by molar-refractivity contribution is 9.09. The summed E-state index contributed by atoms with van der Waals surface area (Å²) in [5.41, 5.74) is -5.10. The Morgan fingerprint density at radius 2 is 1.30 bits per heavy atom. The quantitative estimate of drug-likeness (QED) is 0.0169. The molecule has 2 bridgehead atoms. The molecule has 0 unspecified atom stereocenters. The van der Waals surface area contributed by atoms with Gasteiger partial charge in [-0.15, -0.1) is 0 Å². The van der Waals surface area contributed by atoms with Gasteiger partial charge in [0.05, 0.1) is 30.1 Å². The van der Waals surface area contributed by atoms with Crippen LogP contribution >= 0.6 is 31.9 Å². The Kier molecular flexibility index (Phi) is 26.5. The first-order valence-corrected chi connectivity index (χ1v) is 42.4. The van der Waals surface area contributed by atoms with Gasteiger partial charge in [-0.3, -0.25) is 19.2 Å². The second-order valence-electron chi connectivity index (χ2n) is 27.2. The van der Waals surface area contributed by atoms with Gasteiger partial charge in [-0.1, -0.05) is 177 Å². The first-order valence-electron chi connectivity index (χ1n) is 32.2. The molecule has 478 valence electrons. The largest absolute Gasteiger partial charge is 0.459 e. The molecule has 4 aliphatic rings.